The fourth-order valence-electron chi connectivity index (χ4n) is 3.01. The van der Waals surface area contributed by atoms with Crippen LogP contribution in [0.5, 0.6) is 0 Å². The first kappa shape index (κ1) is 21.5. The highest BCUT2D eigenvalue weighted by Gasteiger charge is 2.19. The SMILES string of the molecule is CC(C)(C)OC(=O)n1cc(-c2ccc3nc(NCc4cccc(Cl)c4)n[n+]([O-])c3c2)cn1. The molecule has 2 aromatic heterocycles. The summed E-state index contributed by atoms with van der Waals surface area (Å²) < 4.78 is 6.43. The van der Waals surface area contributed by atoms with Crippen molar-refractivity contribution in [3.63, 3.8) is 0 Å². The molecular weight excluding hydrogens is 432 g/mol. The molecule has 0 atom stereocenters. The average Bonchev–Trinajstić information content (AvgIpc) is 3.21. The molecule has 0 aliphatic carbocycles. The normalized spacial score (nSPS) is 11.5. The Kier molecular flexibility index (Phi) is 5.67. The maximum Gasteiger partial charge on any atom is 0.435 e. The van der Waals surface area contributed by atoms with Crippen LogP contribution in [0.2, 0.25) is 5.02 Å². The molecule has 0 saturated heterocycles. The number of hydrogen-bond acceptors (Lipinski definition) is 7. The van der Waals surface area contributed by atoms with Gasteiger partial charge in [0, 0.05) is 29.4 Å². The van der Waals surface area contributed by atoms with Gasteiger partial charge in [-0.3, -0.25) is 0 Å². The molecule has 0 unspecified atom stereocenters. The molecule has 0 aliphatic heterocycles. The van der Waals surface area contributed by atoms with Crippen LogP contribution in [0.3, 0.4) is 0 Å². The molecular formula is C22H21ClN6O3. The second kappa shape index (κ2) is 8.43. The minimum Gasteiger partial charge on any atom is -0.594 e. The predicted molar refractivity (Wildman–Crippen MR) is 120 cm³/mol. The first-order valence-electron chi connectivity index (χ1n) is 9.86. The Morgan fingerprint density at radius 2 is 2.03 bits per heavy atom. The van der Waals surface area contributed by atoms with E-state index in [-0.39, 0.29) is 5.95 Å². The number of fused-ring (bicyclic) bond motifs is 1. The van der Waals surface area contributed by atoms with E-state index in [1.807, 2.05) is 18.2 Å². The average molecular weight is 453 g/mol. The van der Waals surface area contributed by atoms with Gasteiger partial charge in [0.2, 0.25) is 0 Å². The van der Waals surface area contributed by atoms with Crippen molar-refractivity contribution in [3.05, 3.63) is 70.7 Å². The summed E-state index contributed by atoms with van der Waals surface area (Å²) in [5.74, 6) is 0.206. The maximum absolute atomic E-state index is 12.5. The van der Waals surface area contributed by atoms with Crippen LogP contribution in [0.4, 0.5) is 10.7 Å². The van der Waals surface area contributed by atoms with Gasteiger partial charge in [-0.15, -0.1) is 0 Å². The monoisotopic (exact) mass is 452 g/mol. The second-order valence-corrected chi connectivity index (χ2v) is 8.59. The van der Waals surface area contributed by atoms with E-state index in [1.54, 1.807) is 51.2 Å². The fraction of sp³-hybridized carbons (Fsp3) is 0.227. The highest BCUT2D eigenvalue weighted by Crippen LogP contribution is 2.22. The van der Waals surface area contributed by atoms with Crippen LogP contribution in [0.15, 0.2) is 54.9 Å². The molecule has 4 rings (SSSR count). The van der Waals surface area contributed by atoms with Gasteiger partial charge >= 0.3 is 6.09 Å². The van der Waals surface area contributed by atoms with Crippen molar-refractivity contribution in [2.75, 3.05) is 5.32 Å². The van der Waals surface area contributed by atoms with Crippen LogP contribution in [-0.2, 0) is 11.3 Å². The molecule has 0 radical (unpaired) electrons. The number of aromatic nitrogens is 5. The van der Waals surface area contributed by atoms with Crippen LogP contribution in [-0.4, -0.2) is 31.6 Å². The van der Waals surface area contributed by atoms with Crippen molar-refractivity contribution in [1.29, 1.82) is 0 Å². The minimum absolute atomic E-state index is 0.206. The number of nitrogens with one attached hydrogen (secondary N) is 1. The van der Waals surface area contributed by atoms with E-state index in [0.717, 1.165) is 10.2 Å². The first-order valence-corrected chi connectivity index (χ1v) is 10.2. The molecule has 1 N–H and O–H groups in total. The minimum atomic E-state index is -0.629. The van der Waals surface area contributed by atoms with Gasteiger partial charge in [-0.25, -0.2) is 9.78 Å². The van der Waals surface area contributed by atoms with Crippen LogP contribution in [0.1, 0.15) is 26.3 Å². The van der Waals surface area contributed by atoms with Gasteiger partial charge in [-0.2, -0.15) is 9.78 Å². The summed E-state index contributed by atoms with van der Waals surface area (Å²) >= 11 is 6.00. The van der Waals surface area contributed by atoms with Crippen molar-refractivity contribution in [1.82, 2.24) is 19.9 Å². The van der Waals surface area contributed by atoms with E-state index in [4.69, 9.17) is 16.3 Å². The van der Waals surface area contributed by atoms with Crippen LogP contribution < -0.4 is 10.2 Å². The molecule has 0 aliphatic rings. The number of carbonyl (C=O) groups excluding carboxylic acids is 1. The zero-order valence-electron chi connectivity index (χ0n) is 17.7. The van der Waals surface area contributed by atoms with E-state index in [2.05, 4.69) is 20.5 Å². The summed E-state index contributed by atoms with van der Waals surface area (Å²) in [5, 5.41) is 24.2. The molecule has 164 valence electrons. The topological polar surface area (TPSA) is 109 Å². The van der Waals surface area contributed by atoms with Crippen LogP contribution in [0, 0.1) is 5.21 Å². The molecule has 32 heavy (non-hydrogen) atoms. The lowest BCUT2D eigenvalue weighted by molar-refractivity contribution is -0.641. The van der Waals surface area contributed by atoms with E-state index >= 15 is 0 Å². The quantitative estimate of drug-likeness (QED) is 0.365. The first-order chi connectivity index (χ1) is 15.2. The van der Waals surface area contributed by atoms with E-state index in [1.165, 1.54) is 6.20 Å². The molecule has 0 spiro atoms. The van der Waals surface area contributed by atoms with Gasteiger partial charge in [-0.05, 0) is 54.9 Å². The van der Waals surface area contributed by atoms with Crippen molar-refractivity contribution in [2.24, 2.45) is 0 Å². The molecule has 0 fully saturated rings. The number of rotatable bonds is 4. The Balaban J connectivity index is 1.55. The summed E-state index contributed by atoms with van der Waals surface area (Å²) in [7, 11) is 0. The molecule has 4 aromatic rings. The Morgan fingerprint density at radius 3 is 2.78 bits per heavy atom. The van der Waals surface area contributed by atoms with Gasteiger partial charge < -0.3 is 15.3 Å². The lowest BCUT2D eigenvalue weighted by atomic mass is 10.1. The number of nitrogens with zero attached hydrogens (tertiary/aromatic N) is 5. The van der Waals surface area contributed by atoms with Gasteiger partial charge in [-0.1, -0.05) is 29.8 Å². The Morgan fingerprint density at radius 1 is 1.22 bits per heavy atom. The van der Waals surface area contributed by atoms with Gasteiger partial charge in [0.25, 0.3) is 11.5 Å². The number of anilines is 1. The van der Waals surface area contributed by atoms with Crippen molar-refractivity contribution in [2.45, 2.75) is 32.9 Å². The smallest absolute Gasteiger partial charge is 0.435 e. The summed E-state index contributed by atoms with van der Waals surface area (Å²) in [6, 6.07) is 12.5. The lowest BCUT2D eigenvalue weighted by Crippen LogP contribution is -2.33. The zero-order chi connectivity index (χ0) is 22.9. The third-order valence-electron chi connectivity index (χ3n) is 4.43. The van der Waals surface area contributed by atoms with Crippen molar-refractivity contribution >= 4 is 34.7 Å². The van der Waals surface area contributed by atoms with Crippen LogP contribution in [0.25, 0.3) is 22.2 Å². The van der Waals surface area contributed by atoms with Gasteiger partial charge in [0.15, 0.2) is 0 Å². The highest BCUT2D eigenvalue weighted by molar-refractivity contribution is 6.30. The summed E-state index contributed by atoms with van der Waals surface area (Å²) in [6.07, 6.45) is 2.50. The highest BCUT2D eigenvalue weighted by atomic mass is 35.5. The Labute approximate surface area is 189 Å². The zero-order valence-corrected chi connectivity index (χ0v) is 18.5. The predicted octanol–water partition coefficient (Wildman–Crippen LogP) is 4.18. The standard InChI is InChI=1S/C22H21ClN6O3/c1-22(2,3)32-21(30)28-13-16(12-25-28)15-7-8-18-19(10-15)29(31)27-20(26-18)24-11-14-5-4-6-17(23)9-14/h4-10,12-13H,11H2,1-3H3,(H,24,26,27). The number of hydrogen-bond donors (Lipinski definition) is 1. The molecule has 2 aromatic carbocycles. The van der Waals surface area contributed by atoms with E-state index < -0.39 is 11.7 Å². The largest absolute Gasteiger partial charge is 0.594 e. The molecule has 0 amide bonds. The molecule has 9 nitrogen and oxygen atoms in total. The lowest BCUT2D eigenvalue weighted by Gasteiger charge is -2.18. The third-order valence-corrected chi connectivity index (χ3v) is 4.66. The van der Waals surface area contributed by atoms with Gasteiger partial charge in [0.05, 0.1) is 11.3 Å². The van der Waals surface area contributed by atoms with Crippen LogP contribution >= 0.6 is 11.6 Å². The van der Waals surface area contributed by atoms with E-state index in [9.17, 15) is 10.0 Å². The Bertz CT molecular complexity index is 1300. The van der Waals surface area contributed by atoms with Gasteiger partial charge in [0.1, 0.15) is 11.1 Å². The molecule has 0 bridgehead atoms. The number of carbonyl (C=O) groups is 1. The molecule has 10 heteroatoms. The van der Waals surface area contributed by atoms with E-state index in [0.29, 0.717) is 38.6 Å². The number of halogens is 1. The summed E-state index contributed by atoms with van der Waals surface area (Å²) in [6.45, 7) is 5.77. The third kappa shape index (κ3) is 4.94. The van der Waals surface area contributed by atoms with Crippen molar-refractivity contribution in [3.8, 4) is 11.1 Å². The van der Waals surface area contributed by atoms with Crippen molar-refractivity contribution < 1.29 is 14.4 Å². The summed E-state index contributed by atoms with van der Waals surface area (Å²) in [4.78, 5) is 17.1. The molecule has 2 heterocycles. The number of ether oxygens (including phenoxy) is 1. The maximum atomic E-state index is 12.5. The molecule has 0 saturated carbocycles. The fourth-order valence-corrected chi connectivity index (χ4v) is 3.22. The Hall–Kier alpha value is -3.72. The summed E-state index contributed by atoms with van der Waals surface area (Å²) in [5.41, 5.74) is 2.43. The number of benzene rings is 2. The second-order valence-electron chi connectivity index (χ2n) is 8.15.